The molecule has 1 saturated carbocycles. The van der Waals surface area contributed by atoms with Gasteiger partial charge >= 0.3 is 0 Å². The van der Waals surface area contributed by atoms with Gasteiger partial charge in [-0.3, -0.25) is 0 Å². The Bertz CT molecular complexity index is 257. The van der Waals surface area contributed by atoms with Gasteiger partial charge in [-0.15, -0.1) is 0 Å². The highest BCUT2D eigenvalue weighted by Crippen LogP contribution is 2.30. The average molecular weight is 206 g/mol. The van der Waals surface area contributed by atoms with Crippen molar-refractivity contribution < 1.29 is 8.42 Å². The normalized spacial score (nSPS) is 20.6. The van der Waals surface area contributed by atoms with Crippen molar-refractivity contribution in [3.8, 4) is 0 Å². The number of nitrogens with zero attached hydrogens (tertiary/aromatic N) is 1. The summed E-state index contributed by atoms with van der Waals surface area (Å²) in [5.41, 5.74) is 5.53. The molecule has 1 unspecified atom stereocenters. The van der Waals surface area contributed by atoms with E-state index in [1.807, 2.05) is 6.92 Å². The van der Waals surface area contributed by atoms with E-state index >= 15 is 0 Å². The molecular weight excluding hydrogens is 188 g/mol. The Labute approximate surface area is 80.1 Å². The second-order valence-electron chi connectivity index (χ2n) is 3.98. The quantitative estimate of drug-likeness (QED) is 0.689. The van der Waals surface area contributed by atoms with Crippen LogP contribution in [0.2, 0.25) is 0 Å². The topological polar surface area (TPSA) is 63.4 Å². The molecule has 0 heterocycles. The standard InChI is InChI=1S/C8H18N2O2S/c1-7(9)5-10(2)13(11,12)6-8-3-4-8/h7-8H,3-6,9H2,1-2H3. The van der Waals surface area contributed by atoms with Gasteiger partial charge < -0.3 is 5.73 Å². The lowest BCUT2D eigenvalue weighted by Gasteiger charge is -2.18. The average Bonchev–Trinajstić information content (AvgIpc) is 2.69. The van der Waals surface area contributed by atoms with Crippen LogP contribution in [-0.2, 0) is 10.0 Å². The van der Waals surface area contributed by atoms with Crippen LogP contribution in [0.3, 0.4) is 0 Å². The van der Waals surface area contributed by atoms with Crippen molar-refractivity contribution in [2.24, 2.45) is 11.7 Å². The Hall–Kier alpha value is -0.130. The molecule has 1 aliphatic rings. The van der Waals surface area contributed by atoms with Crippen molar-refractivity contribution in [1.82, 2.24) is 4.31 Å². The molecule has 1 aliphatic carbocycles. The SMILES string of the molecule is CC(N)CN(C)S(=O)(=O)CC1CC1. The van der Waals surface area contributed by atoms with Gasteiger partial charge in [-0.05, 0) is 25.7 Å². The summed E-state index contributed by atoms with van der Waals surface area (Å²) in [4.78, 5) is 0. The van der Waals surface area contributed by atoms with Crippen LogP contribution in [0.1, 0.15) is 19.8 Å². The number of hydrogen-bond donors (Lipinski definition) is 1. The van der Waals surface area contributed by atoms with E-state index in [4.69, 9.17) is 5.73 Å². The van der Waals surface area contributed by atoms with E-state index in [0.717, 1.165) is 12.8 Å². The maximum Gasteiger partial charge on any atom is 0.214 e. The molecule has 0 saturated heterocycles. The summed E-state index contributed by atoms with van der Waals surface area (Å²) in [7, 11) is -1.44. The van der Waals surface area contributed by atoms with Gasteiger partial charge in [0.2, 0.25) is 10.0 Å². The Morgan fingerprint density at radius 1 is 1.54 bits per heavy atom. The molecule has 0 aliphatic heterocycles. The first-order valence-electron chi connectivity index (χ1n) is 4.61. The Morgan fingerprint density at radius 3 is 2.46 bits per heavy atom. The zero-order chi connectivity index (χ0) is 10.1. The smallest absolute Gasteiger partial charge is 0.214 e. The van der Waals surface area contributed by atoms with E-state index in [9.17, 15) is 8.42 Å². The largest absolute Gasteiger partial charge is 0.327 e. The molecule has 0 radical (unpaired) electrons. The minimum Gasteiger partial charge on any atom is -0.327 e. The maximum atomic E-state index is 11.6. The highest BCUT2D eigenvalue weighted by Gasteiger charge is 2.30. The molecule has 0 bridgehead atoms. The number of likely N-dealkylation sites (N-methyl/N-ethyl adjacent to an activating group) is 1. The first-order valence-corrected chi connectivity index (χ1v) is 6.22. The van der Waals surface area contributed by atoms with Gasteiger partial charge in [0.25, 0.3) is 0 Å². The van der Waals surface area contributed by atoms with E-state index in [1.54, 1.807) is 7.05 Å². The summed E-state index contributed by atoms with van der Waals surface area (Å²) in [6, 6.07) is -0.0982. The molecule has 78 valence electrons. The van der Waals surface area contributed by atoms with E-state index in [-0.39, 0.29) is 6.04 Å². The van der Waals surface area contributed by atoms with Crippen LogP contribution in [0.4, 0.5) is 0 Å². The molecule has 13 heavy (non-hydrogen) atoms. The van der Waals surface area contributed by atoms with Crippen LogP contribution >= 0.6 is 0 Å². The molecule has 2 N–H and O–H groups in total. The fourth-order valence-electron chi connectivity index (χ4n) is 1.23. The fourth-order valence-corrected chi connectivity index (χ4v) is 2.87. The summed E-state index contributed by atoms with van der Waals surface area (Å²) in [5.74, 6) is 0.705. The van der Waals surface area contributed by atoms with Crippen molar-refractivity contribution in [2.45, 2.75) is 25.8 Å². The van der Waals surface area contributed by atoms with Crippen LogP contribution in [-0.4, -0.2) is 38.1 Å². The van der Waals surface area contributed by atoms with E-state index in [0.29, 0.717) is 18.2 Å². The predicted octanol–water partition coefficient (Wildman–Crippen LogP) is 0.00520. The molecule has 4 nitrogen and oxygen atoms in total. The van der Waals surface area contributed by atoms with E-state index in [1.165, 1.54) is 4.31 Å². The van der Waals surface area contributed by atoms with Crippen molar-refractivity contribution >= 4 is 10.0 Å². The zero-order valence-corrected chi connectivity index (χ0v) is 9.05. The molecule has 1 atom stereocenters. The second-order valence-corrected chi connectivity index (χ2v) is 6.10. The summed E-state index contributed by atoms with van der Waals surface area (Å²) >= 11 is 0. The Balaban J connectivity index is 2.46. The van der Waals surface area contributed by atoms with Crippen molar-refractivity contribution in [2.75, 3.05) is 19.3 Å². The minimum absolute atomic E-state index is 0.0982. The third kappa shape index (κ3) is 3.62. The van der Waals surface area contributed by atoms with Crippen LogP contribution in [0.15, 0.2) is 0 Å². The number of sulfonamides is 1. The maximum absolute atomic E-state index is 11.6. The van der Waals surface area contributed by atoms with Gasteiger partial charge in [0, 0.05) is 19.6 Å². The van der Waals surface area contributed by atoms with Gasteiger partial charge in [-0.2, -0.15) is 0 Å². The predicted molar refractivity (Wildman–Crippen MR) is 52.8 cm³/mol. The summed E-state index contributed by atoms with van der Waals surface area (Å²) in [6.45, 7) is 2.22. The van der Waals surface area contributed by atoms with Gasteiger partial charge in [0.05, 0.1) is 5.75 Å². The van der Waals surface area contributed by atoms with Crippen molar-refractivity contribution in [3.63, 3.8) is 0 Å². The molecule has 1 rings (SSSR count). The third-order valence-electron chi connectivity index (χ3n) is 2.16. The number of nitrogens with two attached hydrogens (primary N) is 1. The van der Waals surface area contributed by atoms with E-state index in [2.05, 4.69) is 0 Å². The van der Waals surface area contributed by atoms with Gasteiger partial charge in [-0.1, -0.05) is 0 Å². The third-order valence-corrected chi connectivity index (χ3v) is 4.15. The minimum atomic E-state index is -3.04. The molecule has 0 aromatic rings. The lowest BCUT2D eigenvalue weighted by Crippen LogP contribution is -2.38. The summed E-state index contributed by atoms with van der Waals surface area (Å²) in [5, 5.41) is 0. The monoisotopic (exact) mass is 206 g/mol. The van der Waals surface area contributed by atoms with E-state index < -0.39 is 10.0 Å². The molecule has 1 fully saturated rings. The molecule has 0 aromatic carbocycles. The first kappa shape index (κ1) is 10.9. The zero-order valence-electron chi connectivity index (χ0n) is 8.23. The second kappa shape index (κ2) is 3.94. The van der Waals surface area contributed by atoms with Crippen LogP contribution in [0, 0.1) is 5.92 Å². The fraction of sp³-hybridized carbons (Fsp3) is 1.00. The Kier molecular flexibility index (Phi) is 3.32. The molecule has 0 aromatic heterocycles. The number of rotatable bonds is 5. The Morgan fingerprint density at radius 2 is 2.08 bits per heavy atom. The van der Waals surface area contributed by atoms with Crippen molar-refractivity contribution in [3.05, 3.63) is 0 Å². The number of hydrogen-bond acceptors (Lipinski definition) is 3. The summed E-state index contributed by atoms with van der Waals surface area (Å²) in [6.07, 6.45) is 2.12. The van der Waals surface area contributed by atoms with Crippen LogP contribution in [0.5, 0.6) is 0 Å². The lowest BCUT2D eigenvalue weighted by molar-refractivity contribution is 0.443. The van der Waals surface area contributed by atoms with Gasteiger partial charge in [0.15, 0.2) is 0 Å². The highest BCUT2D eigenvalue weighted by molar-refractivity contribution is 7.89. The van der Waals surface area contributed by atoms with Gasteiger partial charge in [-0.25, -0.2) is 12.7 Å². The highest BCUT2D eigenvalue weighted by atomic mass is 32.2. The molecule has 5 heteroatoms. The van der Waals surface area contributed by atoms with Crippen LogP contribution in [0.25, 0.3) is 0 Å². The summed E-state index contributed by atoms with van der Waals surface area (Å²) < 4.78 is 24.5. The molecule has 0 spiro atoms. The van der Waals surface area contributed by atoms with Gasteiger partial charge in [0.1, 0.15) is 0 Å². The molecular formula is C8H18N2O2S. The lowest BCUT2D eigenvalue weighted by atomic mass is 10.4. The van der Waals surface area contributed by atoms with Crippen LogP contribution < -0.4 is 5.73 Å². The first-order chi connectivity index (χ1) is 5.92. The molecule has 0 amide bonds. The van der Waals surface area contributed by atoms with Crippen molar-refractivity contribution in [1.29, 1.82) is 0 Å².